The first kappa shape index (κ1) is 8.88. The van der Waals surface area contributed by atoms with Gasteiger partial charge in [-0.1, -0.05) is 6.08 Å². The molecule has 0 amide bonds. The van der Waals surface area contributed by atoms with Gasteiger partial charge in [-0.05, 0) is 24.3 Å². The summed E-state index contributed by atoms with van der Waals surface area (Å²) in [6.07, 6.45) is 3.95. The number of hydrogen-bond donors (Lipinski definition) is 0. The van der Waals surface area contributed by atoms with Gasteiger partial charge < -0.3 is 9.30 Å². The van der Waals surface area contributed by atoms with Crippen LogP contribution in [-0.4, -0.2) is 11.7 Å². The highest BCUT2D eigenvalue weighted by Crippen LogP contribution is 2.21. The number of aromatic nitrogens is 1. The summed E-state index contributed by atoms with van der Waals surface area (Å²) in [7, 11) is 1.68. The first-order valence-corrected chi connectivity index (χ1v) is 4.59. The fraction of sp³-hybridized carbons (Fsp3) is 0.167. The quantitative estimate of drug-likeness (QED) is 0.674. The molecule has 2 rings (SSSR count). The number of hydrogen-bond acceptors (Lipinski definition) is 1. The van der Waals surface area contributed by atoms with E-state index in [9.17, 15) is 0 Å². The second kappa shape index (κ2) is 3.58. The van der Waals surface area contributed by atoms with Gasteiger partial charge in [0.1, 0.15) is 5.75 Å². The smallest absolute Gasteiger partial charge is 0.119 e. The summed E-state index contributed by atoms with van der Waals surface area (Å²) < 4.78 is 7.32. The minimum absolute atomic E-state index is 0.843. The lowest BCUT2D eigenvalue weighted by molar-refractivity contribution is 0.415. The van der Waals surface area contributed by atoms with Gasteiger partial charge in [0.15, 0.2) is 0 Å². The average Bonchev–Trinajstić information content (AvgIpc) is 2.61. The summed E-state index contributed by atoms with van der Waals surface area (Å²) >= 11 is 0. The monoisotopic (exact) mass is 187 g/mol. The molecule has 2 nitrogen and oxygen atoms in total. The number of fused-ring (bicyclic) bond motifs is 1. The van der Waals surface area contributed by atoms with Crippen LogP contribution in [0.15, 0.2) is 43.1 Å². The van der Waals surface area contributed by atoms with Crippen LogP contribution in [0.4, 0.5) is 0 Å². The number of nitrogens with zero attached hydrogens (tertiary/aromatic N) is 1. The van der Waals surface area contributed by atoms with Crippen molar-refractivity contribution in [2.45, 2.75) is 6.54 Å². The van der Waals surface area contributed by atoms with Crippen LogP contribution in [0.2, 0.25) is 0 Å². The average molecular weight is 187 g/mol. The molecule has 2 aromatic rings. The van der Waals surface area contributed by atoms with Crippen molar-refractivity contribution < 1.29 is 4.74 Å². The Morgan fingerprint density at radius 2 is 2.29 bits per heavy atom. The van der Waals surface area contributed by atoms with Crippen LogP contribution in [0.1, 0.15) is 0 Å². The lowest BCUT2D eigenvalue weighted by Crippen LogP contribution is -1.91. The van der Waals surface area contributed by atoms with E-state index in [1.165, 1.54) is 10.9 Å². The molecule has 2 heteroatoms. The van der Waals surface area contributed by atoms with E-state index in [0.717, 1.165) is 12.3 Å². The number of ether oxygens (including phenoxy) is 1. The Balaban J connectivity index is 2.53. The second-order valence-corrected chi connectivity index (χ2v) is 3.18. The molecule has 72 valence electrons. The Kier molecular flexibility index (Phi) is 2.27. The molecule has 1 aromatic carbocycles. The van der Waals surface area contributed by atoms with Crippen molar-refractivity contribution in [1.82, 2.24) is 4.57 Å². The number of benzene rings is 1. The molecule has 0 unspecified atom stereocenters. The largest absolute Gasteiger partial charge is 0.497 e. The lowest BCUT2D eigenvalue weighted by atomic mass is 10.2. The van der Waals surface area contributed by atoms with E-state index in [2.05, 4.69) is 29.5 Å². The van der Waals surface area contributed by atoms with Crippen molar-refractivity contribution in [3.8, 4) is 5.75 Å². The topological polar surface area (TPSA) is 14.2 Å². The predicted octanol–water partition coefficient (Wildman–Crippen LogP) is 2.84. The van der Waals surface area contributed by atoms with E-state index >= 15 is 0 Å². The first-order chi connectivity index (χ1) is 6.85. The molecule has 0 fully saturated rings. The fourth-order valence-corrected chi connectivity index (χ4v) is 1.60. The Labute approximate surface area is 83.4 Å². The molecular weight excluding hydrogens is 174 g/mol. The van der Waals surface area contributed by atoms with Crippen LogP contribution in [-0.2, 0) is 6.54 Å². The maximum atomic E-state index is 5.16. The van der Waals surface area contributed by atoms with Gasteiger partial charge in [-0.3, -0.25) is 0 Å². The molecule has 1 heterocycles. The summed E-state index contributed by atoms with van der Waals surface area (Å²) in [4.78, 5) is 0. The number of allylic oxidation sites excluding steroid dienone is 1. The Morgan fingerprint density at radius 3 is 3.00 bits per heavy atom. The van der Waals surface area contributed by atoms with Gasteiger partial charge in [-0.2, -0.15) is 0 Å². The molecule has 1 aromatic heterocycles. The van der Waals surface area contributed by atoms with E-state index in [-0.39, 0.29) is 0 Å². The summed E-state index contributed by atoms with van der Waals surface area (Å²) in [5.41, 5.74) is 1.21. The van der Waals surface area contributed by atoms with Gasteiger partial charge >= 0.3 is 0 Å². The van der Waals surface area contributed by atoms with Gasteiger partial charge in [0.25, 0.3) is 0 Å². The van der Waals surface area contributed by atoms with E-state index in [1.54, 1.807) is 7.11 Å². The normalized spacial score (nSPS) is 10.4. The van der Waals surface area contributed by atoms with Crippen LogP contribution in [0, 0.1) is 0 Å². The highest BCUT2D eigenvalue weighted by Gasteiger charge is 2.00. The van der Waals surface area contributed by atoms with Crippen molar-refractivity contribution >= 4 is 10.9 Å². The maximum Gasteiger partial charge on any atom is 0.119 e. The maximum absolute atomic E-state index is 5.16. The van der Waals surface area contributed by atoms with Crippen molar-refractivity contribution in [2.75, 3.05) is 7.11 Å². The van der Waals surface area contributed by atoms with E-state index in [0.29, 0.717) is 0 Å². The predicted molar refractivity (Wildman–Crippen MR) is 58.7 cm³/mol. The van der Waals surface area contributed by atoms with Gasteiger partial charge in [0.2, 0.25) is 0 Å². The van der Waals surface area contributed by atoms with Crippen LogP contribution in [0.25, 0.3) is 10.9 Å². The van der Waals surface area contributed by atoms with Crippen molar-refractivity contribution in [3.05, 3.63) is 43.1 Å². The molecule has 0 aliphatic carbocycles. The summed E-state index contributed by atoms with van der Waals surface area (Å²) in [5, 5.41) is 1.20. The van der Waals surface area contributed by atoms with Crippen LogP contribution >= 0.6 is 0 Å². The molecule has 0 atom stereocenters. The Hall–Kier alpha value is -1.70. The molecule has 0 saturated carbocycles. The SMILES string of the molecule is C=CCn1ccc2cc(OC)ccc21. The van der Waals surface area contributed by atoms with Gasteiger partial charge in [-0.15, -0.1) is 6.58 Å². The van der Waals surface area contributed by atoms with Crippen molar-refractivity contribution in [3.63, 3.8) is 0 Å². The van der Waals surface area contributed by atoms with Crippen molar-refractivity contribution in [2.24, 2.45) is 0 Å². The van der Waals surface area contributed by atoms with E-state index in [1.807, 2.05) is 18.2 Å². The van der Waals surface area contributed by atoms with Gasteiger partial charge in [0.05, 0.1) is 7.11 Å². The number of rotatable bonds is 3. The summed E-state index contributed by atoms with van der Waals surface area (Å²) in [6.45, 7) is 4.57. The second-order valence-electron chi connectivity index (χ2n) is 3.18. The fourth-order valence-electron chi connectivity index (χ4n) is 1.60. The first-order valence-electron chi connectivity index (χ1n) is 4.59. The molecule has 14 heavy (non-hydrogen) atoms. The molecule has 0 saturated heterocycles. The molecule has 0 spiro atoms. The summed E-state index contributed by atoms with van der Waals surface area (Å²) in [6, 6.07) is 8.16. The zero-order chi connectivity index (χ0) is 9.97. The van der Waals surface area contributed by atoms with Gasteiger partial charge in [-0.25, -0.2) is 0 Å². The van der Waals surface area contributed by atoms with Crippen LogP contribution < -0.4 is 4.74 Å². The third-order valence-corrected chi connectivity index (χ3v) is 2.30. The highest BCUT2D eigenvalue weighted by atomic mass is 16.5. The van der Waals surface area contributed by atoms with E-state index in [4.69, 9.17) is 4.74 Å². The standard InChI is InChI=1S/C12H13NO/c1-3-7-13-8-6-10-9-11(14-2)4-5-12(10)13/h3-6,8-9H,1,7H2,2H3. The van der Waals surface area contributed by atoms with E-state index < -0.39 is 0 Å². The molecule has 0 radical (unpaired) electrons. The molecule has 0 bridgehead atoms. The molecule has 0 aliphatic heterocycles. The summed E-state index contributed by atoms with van der Waals surface area (Å²) in [5.74, 6) is 0.897. The van der Waals surface area contributed by atoms with Crippen molar-refractivity contribution in [1.29, 1.82) is 0 Å². The highest BCUT2D eigenvalue weighted by molar-refractivity contribution is 5.81. The third kappa shape index (κ3) is 1.39. The molecule has 0 aliphatic rings. The van der Waals surface area contributed by atoms with Crippen LogP contribution in [0.5, 0.6) is 5.75 Å². The minimum Gasteiger partial charge on any atom is -0.497 e. The number of methoxy groups -OCH3 is 1. The Bertz CT molecular complexity index is 456. The zero-order valence-electron chi connectivity index (χ0n) is 8.23. The Morgan fingerprint density at radius 1 is 1.43 bits per heavy atom. The molecular formula is C12H13NO. The minimum atomic E-state index is 0.843. The zero-order valence-corrected chi connectivity index (χ0v) is 8.23. The third-order valence-electron chi connectivity index (χ3n) is 2.30. The van der Waals surface area contributed by atoms with Crippen LogP contribution in [0.3, 0.4) is 0 Å². The van der Waals surface area contributed by atoms with Gasteiger partial charge in [0, 0.05) is 23.6 Å². The molecule has 0 N–H and O–H groups in total. The lowest BCUT2D eigenvalue weighted by Gasteiger charge is -2.02.